The highest BCUT2D eigenvalue weighted by molar-refractivity contribution is 7.08. The number of carboxylic acid groups (broad SMARTS) is 1. The largest absolute Gasteiger partial charge is 0.480 e. The van der Waals surface area contributed by atoms with Crippen LogP contribution in [0.15, 0.2) is 77.5 Å². The first-order valence-electron chi connectivity index (χ1n) is 7.36. The van der Waals surface area contributed by atoms with Gasteiger partial charge in [0, 0.05) is 0 Å². The third kappa shape index (κ3) is 3.67. The van der Waals surface area contributed by atoms with Crippen LogP contribution in [-0.4, -0.2) is 11.1 Å². The molecule has 0 aliphatic carbocycles. The van der Waals surface area contributed by atoms with Gasteiger partial charge >= 0.3 is 5.97 Å². The summed E-state index contributed by atoms with van der Waals surface area (Å²) in [7, 11) is 0. The Hall–Kier alpha value is -2.43. The summed E-state index contributed by atoms with van der Waals surface area (Å²) < 4.78 is 0. The number of carboxylic acids is 1. The lowest BCUT2D eigenvalue weighted by molar-refractivity contribution is -0.139. The summed E-state index contributed by atoms with van der Waals surface area (Å²) in [5, 5.41) is 16.7. The SMILES string of the molecule is O=C(O)[C@H](NC(c1ccccc1)c1ccccc1)c1ccsc1. The fraction of sp³-hybridized carbons (Fsp3) is 0.105. The van der Waals surface area contributed by atoms with Gasteiger partial charge in [-0.05, 0) is 33.5 Å². The molecule has 1 atom stereocenters. The normalized spacial score (nSPS) is 12.2. The van der Waals surface area contributed by atoms with Crippen LogP contribution in [0.3, 0.4) is 0 Å². The zero-order valence-corrected chi connectivity index (χ0v) is 13.2. The molecule has 1 aromatic heterocycles. The van der Waals surface area contributed by atoms with Crippen LogP contribution >= 0.6 is 11.3 Å². The van der Waals surface area contributed by atoms with Crippen LogP contribution in [0.5, 0.6) is 0 Å². The lowest BCUT2D eigenvalue weighted by atomic mass is 9.97. The zero-order chi connectivity index (χ0) is 16.1. The first-order chi connectivity index (χ1) is 11.3. The van der Waals surface area contributed by atoms with Crippen molar-refractivity contribution in [1.82, 2.24) is 5.32 Å². The van der Waals surface area contributed by atoms with Crippen molar-refractivity contribution in [2.75, 3.05) is 0 Å². The molecule has 23 heavy (non-hydrogen) atoms. The number of carbonyl (C=O) groups is 1. The highest BCUT2D eigenvalue weighted by atomic mass is 32.1. The van der Waals surface area contributed by atoms with E-state index in [-0.39, 0.29) is 6.04 Å². The standard InChI is InChI=1S/C19H17NO2S/c21-19(22)18(16-11-12-23-13-16)20-17(14-7-3-1-4-8-14)15-9-5-2-6-10-15/h1-13,17-18,20H,(H,21,22)/t18-/m1/s1. The fourth-order valence-electron chi connectivity index (χ4n) is 2.59. The summed E-state index contributed by atoms with van der Waals surface area (Å²) in [6.45, 7) is 0. The van der Waals surface area contributed by atoms with Crippen molar-refractivity contribution in [1.29, 1.82) is 0 Å². The lowest BCUT2D eigenvalue weighted by Gasteiger charge is -2.24. The highest BCUT2D eigenvalue weighted by Crippen LogP contribution is 2.27. The molecule has 3 nitrogen and oxygen atoms in total. The van der Waals surface area contributed by atoms with E-state index in [1.807, 2.05) is 77.5 Å². The summed E-state index contributed by atoms with van der Waals surface area (Å²) in [5.74, 6) is -0.875. The van der Waals surface area contributed by atoms with Gasteiger partial charge in [0.2, 0.25) is 0 Å². The Morgan fingerprint density at radius 3 is 1.87 bits per heavy atom. The van der Waals surface area contributed by atoms with Gasteiger partial charge in [0.15, 0.2) is 0 Å². The van der Waals surface area contributed by atoms with Crippen LogP contribution in [0.2, 0.25) is 0 Å². The summed E-state index contributed by atoms with van der Waals surface area (Å²) in [4.78, 5) is 11.7. The van der Waals surface area contributed by atoms with E-state index in [0.29, 0.717) is 0 Å². The average molecular weight is 323 g/mol. The Kier molecular flexibility index (Phi) is 4.86. The molecule has 3 rings (SSSR count). The molecule has 1 heterocycles. The first-order valence-corrected chi connectivity index (χ1v) is 8.31. The molecule has 0 saturated carbocycles. The molecule has 0 spiro atoms. The van der Waals surface area contributed by atoms with Crippen LogP contribution in [0.25, 0.3) is 0 Å². The molecule has 0 aliphatic heterocycles. The molecule has 4 heteroatoms. The molecule has 116 valence electrons. The van der Waals surface area contributed by atoms with Gasteiger partial charge in [-0.3, -0.25) is 10.1 Å². The predicted octanol–water partition coefficient (Wildman–Crippen LogP) is 4.25. The third-order valence-electron chi connectivity index (χ3n) is 3.72. The van der Waals surface area contributed by atoms with Crippen molar-refractivity contribution >= 4 is 17.3 Å². The van der Waals surface area contributed by atoms with Gasteiger partial charge in [-0.25, -0.2) is 0 Å². The van der Waals surface area contributed by atoms with Gasteiger partial charge in [-0.2, -0.15) is 11.3 Å². The predicted molar refractivity (Wildman–Crippen MR) is 92.6 cm³/mol. The van der Waals surface area contributed by atoms with E-state index >= 15 is 0 Å². The molecule has 2 N–H and O–H groups in total. The van der Waals surface area contributed by atoms with Crippen molar-refractivity contribution in [3.63, 3.8) is 0 Å². The summed E-state index contributed by atoms with van der Waals surface area (Å²) in [6, 6.07) is 20.7. The first kappa shape index (κ1) is 15.5. The van der Waals surface area contributed by atoms with E-state index in [2.05, 4.69) is 5.32 Å². The van der Waals surface area contributed by atoms with Crippen molar-refractivity contribution in [2.24, 2.45) is 0 Å². The van der Waals surface area contributed by atoms with Gasteiger partial charge in [0.25, 0.3) is 0 Å². The smallest absolute Gasteiger partial charge is 0.325 e. The Balaban J connectivity index is 1.97. The summed E-state index contributed by atoms with van der Waals surface area (Å²) in [5.41, 5.74) is 2.86. The second kappa shape index (κ2) is 7.22. The topological polar surface area (TPSA) is 49.3 Å². The second-order valence-electron chi connectivity index (χ2n) is 5.25. The minimum atomic E-state index is -0.875. The molecular weight excluding hydrogens is 306 g/mol. The lowest BCUT2D eigenvalue weighted by Crippen LogP contribution is -2.32. The average Bonchev–Trinajstić information content (AvgIpc) is 3.11. The number of aliphatic carboxylic acids is 1. The van der Waals surface area contributed by atoms with Gasteiger partial charge in [-0.1, -0.05) is 60.7 Å². The van der Waals surface area contributed by atoms with E-state index in [9.17, 15) is 9.90 Å². The molecule has 0 amide bonds. The Morgan fingerprint density at radius 2 is 1.43 bits per heavy atom. The van der Waals surface area contributed by atoms with E-state index in [0.717, 1.165) is 16.7 Å². The fourth-order valence-corrected chi connectivity index (χ4v) is 3.28. The van der Waals surface area contributed by atoms with Gasteiger partial charge in [0.1, 0.15) is 6.04 Å². The number of hydrogen-bond donors (Lipinski definition) is 2. The van der Waals surface area contributed by atoms with E-state index in [1.165, 1.54) is 11.3 Å². The molecule has 0 aliphatic rings. The maximum atomic E-state index is 11.7. The van der Waals surface area contributed by atoms with Crippen LogP contribution < -0.4 is 5.32 Å². The monoisotopic (exact) mass is 323 g/mol. The molecular formula is C19H17NO2S. The third-order valence-corrected chi connectivity index (χ3v) is 4.42. The number of thiophene rings is 1. The maximum Gasteiger partial charge on any atom is 0.325 e. The molecule has 0 fully saturated rings. The minimum absolute atomic E-state index is 0.182. The van der Waals surface area contributed by atoms with Crippen LogP contribution in [-0.2, 0) is 4.79 Å². The van der Waals surface area contributed by atoms with E-state index in [4.69, 9.17) is 0 Å². The number of nitrogens with one attached hydrogen (secondary N) is 1. The van der Waals surface area contributed by atoms with Gasteiger partial charge in [-0.15, -0.1) is 0 Å². The summed E-state index contributed by atoms with van der Waals surface area (Å²) in [6.07, 6.45) is 0. The molecule has 3 aromatic rings. The van der Waals surface area contributed by atoms with Crippen molar-refractivity contribution < 1.29 is 9.90 Å². The number of hydrogen-bond acceptors (Lipinski definition) is 3. The van der Waals surface area contributed by atoms with Gasteiger partial charge < -0.3 is 5.11 Å². The van der Waals surface area contributed by atoms with Crippen LogP contribution in [0, 0.1) is 0 Å². The number of benzene rings is 2. The quantitative estimate of drug-likeness (QED) is 0.713. The van der Waals surface area contributed by atoms with E-state index < -0.39 is 12.0 Å². The summed E-state index contributed by atoms with van der Waals surface area (Å²) >= 11 is 1.50. The number of rotatable bonds is 6. The van der Waals surface area contributed by atoms with Crippen LogP contribution in [0.4, 0.5) is 0 Å². The van der Waals surface area contributed by atoms with Crippen LogP contribution in [0.1, 0.15) is 28.8 Å². The highest BCUT2D eigenvalue weighted by Gasteiger charge is 2.25. The molecule has 0 bridgehead atoms. The second-order valence-corrected chi connectivity index (χ2v) is 6.03. The molecule has 2 aromatic carbocycles. The van der Waals surface area contributed by atoms with Crippen molar-refractivity contribution in [3.05, 3.63) is 94.2 Å². The van der Waals surface area contributed by atoms with Crippen molar-refractivity contribution in [2.45, 2.75) is 12.1 Å². The zero-order valence-electron chi connectivity index (χ0n) is 12.4. The van der Waals surface area contributed by atoms with Crippen molar-refractivity contribution in [3.8, 4) is 0 Å². The molecule has 0 radical (unpaired) electrons. The minimum Gasteiger partial charge on any atom is -0.480 e. The van der Waals surface area contributed by atoms with Gasteiger partial charge in [0.05, 0.1) is 6.04 Å². The maximum absolute atomic E-state index is 11.7. The Bertz CT molecular complexity index is 702. The van der Waals surface area contributed by atoms with E-state index in [1.54, 1.807) is 0 Å². The Labute approximate surface area is 139 Å². The molecule has 0 unspecified atom stereocenters. The Morgan fingerprint density at radius 1 is 0.870 bits per heavy atom. The molecule has 0 saturated heterocycles.